The van der Waals surface area contributed by atoms with Gasteiger partial charge in [0.2, 0.25) is 0 Å². The van der Waals surface area contributed by atoms with Crippen LogP contribution >= 0.6 is 0 Å². The number of aryl methyl sites for hydroxylation is 1. The van der Waals surface area contributed by atoms with Crippen LogP contribution in [0.4, 0.5) is 5.69 Å². The van der Waals surface area contributed by atoms with Gasteiger partial charge in [0, 0.05) is 18.8 Å². The van der Waals surface area contributed by atoms with Gasteiger partial charge in [-0.15, -0.1) is 0 Å². The highest BCUT2D eigenvalue weighted by Gasteiger charge is 2.21. The number of anilines is 1. The molecule has 1 fully saturated rings. The van der Waals surface area contributed by atoms with Gasteiger partial charge in [-0.1, -0.05) is 42.5 Å². The monoisotopic (exact) mass is 393 g/mol. The first-order valence-corrected chi connectivity index (χ1v) is 10.4. The molecule has 0 radical (unpaired) electrons. The third-order valence-electron chi connectivity index (χ3n) is 5.88. The topological polar surface area (TPSA) is 61.4 Å². The first-order chi connectivity index (χ1) is 14.0. The lowest BCUT2D eigenvalue weighted by atomic mass is 9.96. The molecule has 1 heterocycles. The smallest absolute Gasteiger partial charge is 0.313 e. The van der Waals surface area contributed by atoms with Crippen LogP contribution in [0, 0.1) is 19.8 Å². The van der Waals surface area contributed by atoms with Gasteiger partial charge in [0.25, 0.3) is 0 Å². The van der Waals surface area contributed by atoms with E-state index in [-0.39, 0.29) is 0 Å². The van der Waals surface area contributed by atoms with Crippen LogP contribution in [0.2, 0.25) is 0 Å². The summed E-state index contributed by atoms with van der Waals surface area (Å²) in [6.45, 7) is 7.64. The van der Waals surface area contributed by atoms with Crippen LogP contribution in [0.5, 0.6) is 0 Å². The largest absolute Gasteiger partial charge is 0.348 e. The standard InChI is InChI=1S/C24H31N3O2/c1-18-7-6-10-22(19(18)2)26-24(29)23(28)25-17-21-12-15-27(16-13-21)14-11-20-8-4-3-5-9-20/h3-10,21H,11-17H2,1-2H3,(H,25,28)(H,26,29). The van der Waals surface area contributed by atoms with E-state index in [9.17, 15) is 9.59 Å². The minimum Gasteiger partial charge on any atom is -0.348 e. The molecule has 0 aliphatic carbocycles. The van der Waals surface area contributed by atoms with Gasteiger partial charge in [0.05, 0.1) is 0 Å². The Morgan fingerprint density at radius 1 is 0.966 bits per heavy atom. The Morgan fingerprint density at radius 2 is 1.69 bits per heavy atom. The number of carbonyl (C=O) groups is 2. The van der Waals surface area contributed by atoms with Crippen LogP contribution in [-0.2, 0) is 16.0 Å². The number of carbonyl (C=O) groups excluding carboxylic acids is 2. The molecule has 0 spiro atoms. The van der Waals surface area contributed by atoms with Gasteiger partial charge in [-0.2, -0.15) is 0 Å². The van der Waals surface area contributed by atoms with Crippen molar-refractivity contribution in [3.05, 3.63) is 65.2 Å². The van der Waals surface area contributed by atoms with Crippen molar-refractivity contribution in [2.45, 2.75) is 33.1 Å². The molecule has 2 aromatic carbocycles. The lowest BCUT2D eigenvalue weighted by Crippen LogP contribution is -2.42. The SMILES string of the molecule is Cc1cccc(NC(=O)C(=O)NCC2CCN(CCc3ccccc3)CC2)c1C. The molecule has 2 N–H and O–H groups in total. The molecule has 0 aromatic heterocycles. The minimum absolute atomic E-state index is 0.431. The van der Waals surface area contributed by atoms with Crippen LogP contribution in [0.1, 0.15) is 29.5 Å². The Kier molecular flexibility index (Phi) is 7.42. The van der Waals surface area contributed by atoms with E-state index in [4.69, 9.17) is 0 Å². The molecule has 1 aliphatic rings. The van der Waals surface area contributed by atoms with E-state index in [2.05, 4.69) is 39.8 Å². The van der Waals surface area contributed by atoms with E-state index in [1.54, 1.807) is 0 Å². The average molecular weight is 394 g/mol. The molecule has 0 saturated carbocycles. The molecule has 3 rings (SSSR count). The van der Waals surface area contributed by atoms with E-state index in [1.165, 1.54) is 5.56 Å². The zero-order valence-corrected chi connectivity index (χ0v) is 17.4. The molecule has 2 amide bonds. The Balaban J connectivity index is 1.36. The summed E-state index contributed by atoms with van der Waals surface area (Å²) in [5, 5.41) is 5.53. The van der Waals surface area contributed by atoms with Crippen molar-refractivity contribution in [2.24, 2.45) is 5.92 Å². The Bertz CT molecular complexity index is 827. The van der Waals surface area contributed by atoms with Crippen molar-refractivity contribution < 1.29 is 9.59 Å². The maximum atomic E-state index is 12.2. The first-order valence-electron chi connectivity index (χ1n) is 10.4. The van der Waals surface area contributed by atoms with E-state index in [0.29, 0.717) is 18.2 Å². The quantitative estimate of drug-likeness (QED) is 0.740. The Hall–Kier alpha value is -2.66. The Morgan fingerprint density at radius 3 is 2.41 bits per heavy atom. The molecular formula is C24H31N3O2. The number of likely N-dealkylation sites (tertiary alicyclic amines) is 1. The molecule has 29 heavy (non-hydrogen) atoms. The second kappa shape index (κ2) is 10.2. The first kappa shape index (κ1) is 21.1. The van der Waals surface area contributed by atoms with Gasteiger partial charge in [-0.3, -0.25) is 9.59 Å². The summed E-state index contributed by atoms with van der Waals surface area (Å²) in [5.74, 6) is -0.725. The number of benzene rings is 2. The molecule has 0 bridgehead atoms. The fourth-order valence-corrected chi connectivity index (χ4v) is 3.73. The maximum absolute atomic E-state index is 12.2. The number of nitrogens with one attached hydrogen (secondary N) is 2. The van der Waals surface area contributed by atoms with Crippen LogP contribution < -0.4 is 10.6 Å². The highest BCUT2D eigenvalue weighted by Crippen LogP contribution is 2.18. The highest BCUT2D eigenvalue weighted by molar-refractivity contribution is 6.39. The normalized spacial score (nSPS) is 15.1. The third-order valence-corrected chi connectivity index (χ3v) is 5.88. The zero-order valence-electron chi connectivity index (χ0n) is 17.4. The van der Waals surface area contributed by atoms with E-state index >= 15 is 0 Å². The van der Waals surface area contributed by atoms with Gasteiger partial charge in [-0.05, 0) is 74.9 Å². The predicted octanol–water partition coefficient (Wildman–Crippen LogP) is 3.31. The molecule has 1 saturated heterocycles. The second-order valence-electron chi connectivity index (χ2n) is 7.93. The van der Waals surface area contributed by atoms with Crippen molar-refractivity contribution in [1.82, 2.24) is 10.2 Å². The number of nitrogens with zero attached hydrogens (tertiary/aromatic N) is 1. The molecule has 2 aromatic rings. The minimum atomic E-state index is -0.598. The summed E-state index contributed by atoms with van der Waals surface area (Å²) in [6, 6.07) is 16.2. The van der Waals surface area contributed by atoms with Crippen LogP contribution in [-0.4, -0.2) is 42.9 Å². The highest BCUT2D eigenvalue weighted by atomic mass is 16.2. The molecule has 5 heteroatoms. The van der Waals surface area contributed by atoms with Gasteiger partial charge >= 0.3 is 11.8 Å². The van der Waals surface area contributed by atoms with Gasteiger partial charge < -0.3 is 15.5 Å². The summed E-state index contributed by atoms with van der Waals surface area (Å²) in [4.78, 5) is 26.9. The second-order valence-corrected chi connectivity index (χ2v) is 7.93. The average Bonchev–Trinajstić information content (AvgIpc) is 2.75. The van der Waals surface area contributed by atoms with Crippen molar-refractivity contribution in [1.29, 1.82) is 0 Å². The van der Waals surface area contributed by atoms with Gasteiger partial charge in [0.1, 0.15) is 0 Å². The maximum Gasteiger partial charge on any atom is 0.313 e. The summed E-state index contributed by atoms with van der Waals surface area (Å²) in [6.07, 6.45) is 3.17. The lowest BCUT2D eigenvalue weighted by molar-refractivity contribution is -0.136. The van der Waals surface area contributed by atoms with E-state index < -0.39 is 11.8 Å². The molecule has 0 atom stereocenters. The van der Waals surface area contributed by atoms with Crippen LogP contribution in [0.25, 0.3) is 0 Å². The number of rotatable bonds is 6. The molecule has 1 aliphatic heterocycles. The van der Waals surface area contributed by atoms with Crippen molar-refractivity contribution in [2.75, 3.05) is 31.5 Å². The molecule has 0 unspecified atom stereocenters. The fraction of sp³-hybridized carbons (Fsp3) is 0.417. The lowest BCUT2D eigenvalue weighted by Gasteiger charge is -2.32. The summed E-state index contributed by atoms with van der Waals surface area (Å²) in [7, 11) is 0. The summed E-state index contributed by atoms with van der Waals surface area (Å²) < 4.78 is 0. The van der Waals surface area contributed by atoms with Gasteiger partial charge in [-0.25, -0.2) is 0 Å². The number of hydrogen-bond acceptors (Lipinski definition) is 3. The van der Waals surface area contributed by atoms with Crippen LogP contribution in [0.15, 0.2) is 48.5 Å². The fourth-order valence-electron chi connectivity index (χ4n) is 3.73. The van der Waals surface area contributed by atoms with Gasteiger partial charge in [0.15, 0.2) is 0 Å². The van der Waals surface area contributed by atoms with Crippen molar-refractivity contribution in [3.8, 4) is 0 Å². The zero-order chi connectivity index (χ0) is 20.6. The Labute approximate surface area is 173 Å². The van der Waals surface area contributed by atoms with Crippen molar-refractivity contribution in [3.63, 3.8) is 0 Å². The van der Waals surface area contributed by atoms with Crippen molar-refractivity contribution >= 4 is 17.5 Å². The summed E-state index contributed by atoms with van der Waals surface area (Å²) >= 11 is 0. The third kappa shape index (κ3) is 6.16. The molecule has 154 valence electrons. The van der Waals surface area contributed by atoms with E-state index in [0.717, 1.165) is 50.0 Å². The number of amides is 2. The summed E-state index contributed by atoms with van der Waals surface area (Å²) in [5.41, 5.74) is 4.13. The van der Waals surface area contributed by atoms with E-state index in [1.807, 2.05) is 38.1 Å². The predicted molar refractivity (Wildman–Crippen MR) is 117 cm³/mol. The molecule has 5 nitrogen and oxygen atoms in total. The number of hydrogen-bond donors (Lipinski definition) is 2. The number of piperidine rings is 1. The van der Waals surface area contributed by atoms with Crippen LogP contribution in [0.3, 0.4) is 0 Å². The molecular weight excluding hydrogens is 362 g/mol.